The molecule has 0 bridgehead atoms. The molecule has 3 rings (SSSR count). The van der Waals surface area contributed by atoms with E-state index in [4.69, 9.17) is 14.7 Å². The summed E-state index contributed by atoms with van der Waals surface area (Å²) in [5.74, 6) is -1.73. The monoisotopic (exact) mass is 473 g/mol. The summed E-state index contributed by atoms with van der Waals surface area (Å²) in [6.07, 6.45) is 5.61. The van der Waals surface area contributed by atoms with Crippen LogP contribution in [0, 0.1) is 11.6 Å². The highest BCUT2D eigenvalue weighted by atomic mass is 19.1. The van der Waals surface area contributed by atoms with Gasteiger partial charge in [-0.25, -0.2) is 13.8 Å². The first-order valence-electron chi connectivity index (χ1n) is 11.5. The van der Waals surface area contributed by atoms with Crippen molar-refractivity contribution in [3.63, 3.8) is 0 Å². The third kappa shape index (κ3) is 6.09. The number of morpholine rings is 1. The molecule has 1 aromatic rings. The van der Waals surface area contributed by atoms with Gasteiger partial charge < -0.3 is 20.1 Å². The Labute approximate surface area is 199 Å². The van der Waals surface area contributed by atoms with Crippen molar-refractivity contribution in [1.82, 2.24) is 15.1 Å². The Bertz CT molecular complexity index is 1010. The van der Waals surface area contributed by atoms with E-state index in [-0.39, 0.29) is 18.3 Å². The van der Waals surface area contributed by atoms with Gasteiger partial charge in [0, 0.05) is 38.0 Å². The molecule has 0 aromatic heterocycles. The number of nitrogens with zero attached hydrogens (tertiary/aromatic N) is 4. The van der Waals surface area contributed by atoms with Gasteiger partial charge >= 0.3 is 0 Å². The third-order valence-electron chi connectivity index (χ3n) is 5.92. The first-order chi connectivity index (χ1) is 16.3. The molecule has 1 aromatic carbocycles. The average Bonchev–Trinajstić information content (AvgIpc) is 2.85. The molecule has 0 aliphatic carbocycles. The molecule has 2 saturated heterocycles. The number of hydrogen-bond acceptors (Lipinski definition) is 6. The van der Waals surface area contributed by atoms with Gasteiger partial charge in [0.25, 0.3) is 0 Å². The lowest BCUT2D eigenvalue weighted by atomic mass is 10.1. The zero-order valence-corrected chi connectivity index (χ0v) is 20.0. The lowest BCUT2D eigenvalue weighted by Crippen LogP contribution is -2.46. The molecule has 34 heavy (non-hydrogen) atoms. The first kappa shape index (κ1) is 25.6. The quantitative estimate of drug-likeness (QED) is 0.468. The SMILES string of the molecule is C=C1NCCN(Cc2c(F)ccc(F)c2O)C1=NC(=C\C)/C(/C=N\C(C)N1CCOCC1)=C/C. The van der Waals surface area contributed by atoms with Gasteiger partial charge in [-0.05, 0) is 32.9 Å². The minimum Gasteiger partial charge on any atom is -0.505 e. The molecule has 7 nitrogen and oxygen atoms in total. The van der Waals surface area contributed by atoms with E-state index in [1.165, 1.54) is 0 Å². The van der Waals surface area contributed by atoms with E-state index in [9.17, 15) is 13.9 Å². The molecule has 2 fully saturated rings. The molecule has 1 unspecified atom stereocenters. The highest BCUT2D eigenvalue weighted by Gasteiger charge is 2.24. The van der Waals surface area contributed by atoms with E-state index in [1.807, 2.05) is 32.9 Å². The molecule has 2 aliphatic rings. The fourth-order valence-electron chi connectivity index (χ4n) is 3.87. The van der Waals surface area contributed by atoms with Crippen LogP contribution < -0.4 is 5.32 Å². The average molecular weight is 474 g/mol. The van der Waals surface area contributed by atoms with E-state index in [2.05, 4.69) is 16.8 Å². The van der Waals surface area contributed by atoms with Crippen LogP contribution in [0.3, 0.4) is 0 Å². The normalized spacial score (nSPS) is 20.8. The van der Waals surface area contributed by atoms with Crippen LogP contribution in [0.4, 0.5) is 8.78 Å². The van der Waals surface area contributed by atoms with Crippen molar-refractivity contribution < 1.29 is 18.6 Å². The number of benzene rings is 1. The maximum absolute atomic E-state index is 14.4. The number of amidine groups is 1. The number of aromatic hydroxyl groups is 1. The van der Waals surface area contributed by atoms with Crippen LogP contribution >= 0.6 is 0 Å². The number of phenols is 1. The summed E-state index contributed by atoms with van der Waals surface area (Å²) in [7, 11) is 0. The van der Waals surface area contributed by atoms with Gasteiger partial charge in [0.2, 0.25) is 0 Å². The Morgan fingerprint density at radius 1 is 1.21 bits per heavy atom. The molecular formula is C25H33F2N5O2. The van der Waals surface area contributed by atoms with Crippen molar-refractivity contribution in [1.29, 1.82) is 0 Å². The van der Waals surface area contributed by atoms with Crippen molar-refractivity contribution in [2.24, 2.45) is 9.98 Å². The minimum absolute atomic E-state index is 0.00588. The van der Waals surface area contributed by atoms with Crippen molar-refractivity contribution in [2.75, 3.05) is 39.4 Å². The fourth-order valence-corrected chi connectivity index (χ4v) is 3.87. The number of ether oxygens (including phenoxy) is 1. The number of aliphatic imine (C=N–C) groups is 2. The molecule has 0 amide bonds. The van der Waals surface area contributed by atoms with E-state index in [0.29, 0.717) is 43.5 Å². The van der Waals surface area contributed by atoms with Gasteiger partial charge in [-0.3, -0.25) is 9.89 Å². The van der Waals surface area contributed by atoms with Crippen molar-refractivity contribution >= 4 is 12.1 Å². The second-order valence-corrected chi connectivity index (χ2v) is 8.09. The standard InChI is InChI=1S/C25H33F2N5O2/c1-5-19(15-29-18(4)31-11-13-34-14-12-31)23(6-2)30-25-17(3)28-9-10-32(25)16-20-21(26)7-8-22(27)24(20)33/h5-8,15,18,28,33H,3,9-14,16H2,1-2,4H3/b19-5+,23-6-,29-15-,30-25?. The van der Waals surface area contributed by atoms with Crippen molar-refractivity contribution in [3.05, 3.63) is 65.0 Å². The summed E-state index contributed by atoms with van der Waals surface area (Å²) in [6, 6.07) is 1.92. The summed E-state index contributed by atoms with van der Waals surface area (Å²) in [4.78, 5) is 13.5. The number of piperazine rings is 1. The number of allylic oxidation sites excluding steroid dienone is 3. The second kappa shape index (κ2) is 11.9. The van der Waals surface area contributed by atoms with Crippen LogP contribution in [-0.2, 0) is 11.3 Å². The second-order valence-electron chi connectivity index (χ2n) is 8.09. The lowest BCUT2D eigenvalue weighted by Gasteiger charge is -2.33. The van der Waals surface area contributed by atoms with Crippen LogP contribution in [0.25, 0.3) is 0 Å². The highest BCUT2D eigenvalue weighted by Crippen LogP contribution is 2.27. The van der Waals surface area contributed by atoms with Crippen LogP contribution in [0.1, 0.15) is 26.3 Å². The summed E-state index contributed by atoms with van der Waals surface area (Å²) in [6.45, 7) is 14.0. The van der Waals surface area contributed by atoms with Crippen molar-refractivity contribution in [3.8, 4) is 5.75 Å². The lowest BCUT2D eigenvalue weighted by molar-refractivity contribution is 0.0221. The van der Waals surface area contributed by atoms with Gasteiger partial charge in [0.05, 0.1) is 42.9 Å². The maximum Gasteiger partial charge on any atom is 0.165 e. The predicted molar refractivity (Wildman–Crippen MR) is 131 cm³/mol. The molecule has 9 heteroatoms. The number of rotatable bonds is 7. The van der Waals surface area contributed by atoms with Gasteiger partial charge in [-0.15, -0.1) is 0 Å². The highest BCUT2D eigenvalue weighted by molar-refractivity contribution is 5.99. The first-order valence-corrected chi connectivity index (χ1v) is 11.5. The summed E-state index contributed by atoms with van der Waals surface area (Å²) in [5, 5.41) is 13.2. The fraction of sp³-hybridized carbons (Fsp3) is 0.440. The Morgan fingerprint density at radius 2 is 1.91 bits per heavy atom. The molecule has 0 radical (unpaired) electrons. The maximum atomic E-state index is 14.4. The van der Waals surface area contributed by atoms with Crippen LogP contribution in [0.2, 0.25) is 0 Å². The van der Waals surface area contributed by atoms with E-state index in [1.54, 1.807) is 11.1 Å². The summed E-state index contributed by atoms with van der Waals surface area (Å²) < 4.78 is 33.6. The van der Waals surface area contributed by atoms with Gasteiger partial charge in [-0.2, -0.15) is 0 Å². The van der Waals surface area contributed by atoms with E-state index in [0.717, 1.165) is 30.8 Å². The van der Waals surface area contributed by atoms with Gasteiger partial charge in [-0.1, -0.05) is 18.7 Å². The molecule has 1 atom stereocenters. The number of hydrogen-bond donors (Lipinski definition) is 2. The van der Waals surface area contributed by atoms with Gasteiger partial charge in [0.15, 0.2) is 17.4 Å². The Kier molecular flexibility index (Phi) is 8.95. The van der Waals surface area contributed by atoms with E-state index < -0.39 is 17.4 Å². The Balaban J connectivity index is 1.84. The molecule has 0 saturated carbocycles. The topological polar surface area (TPSA) is 72.7 Å². The van der Waals surface area contributed by atoms with Gasteiger partial charge in [0.1, 0.15) is 5.82 Å². The van der Waals surface area contributed by atoms with Crippen LogP contribution in [-0.4, -0.2) is 72.5 Å². The minimum atomic E-state index is -0.861. The third-order valence-corrected chi connectivity index (χ3v) is 5.92. The number of nitrogens with one attached hydrogen (secondary N) is 1. The molecule has 184 valence electrons. The zero-order valence-electron chi connectivity index (χ0n) is 20.0. The van der Waals surface area contributed by atoms with E-state index >= 15 is 0 Å². The number of phenolic OH excluding ortho intramolecular Hbond substituents is 1. The predicted octanol–water partition coefficient (Wildman–Crippen LogP) is 3.59. The summed E-state index contributed by atoms with van der Waals surface area (Å²) >= 11 is 0. The smallest absolute Gasteiger partial charge is 0.165 e. The number of halogens is 2. The Morgan fingerprint density at radius 3 is 2.59 bits per heavy atom. The molecule has 0 spiro atoms. The van der Waals surface area contributed by atoms with Crippen LogP contribution in [0.15, 0.2) is 57.8 Å². The molecule has 2 N–H and O–H groups in total. The largest absolute Gasteiger partial charge is 0.505 e. The van der Waals surface area contributed by atoms with Crippen LogP contribution in [0.5, 0.6) is 5.75 Å². The zero-order chi connectivity index (χ0) is 24.7. The molecule has 2 heterocycles. The molecular weight excluding hydrogens is 440 g/mol. The molecule has 2 aliphatic heterocycles. The van der Waals surface area contributed by atoms with Crippen molar-refractivity contribution in [2.45, 2.75) is 33.5 Å². The Hall–Kier alpha value is -3.04. The summed E-state index contributed by atoms with van der Waals surface area (Å²) in [5.41, 5.74) is 1.95.